The summed E-state index contributed by atoms with van der Waals surface area (Å²) in [7, 11) is 0. The van der Waals surface area contributed by atoms with Crippen molar-refractivity contribution in [1.82, 2.24) is 30.1 Å². The molecule has 7 nitrogen and oxygen atoms in total. The predicted octanol–water partition coefficient (Wildman–Crippen LogP) is 4.54. The Kier molecular flexibility index (Phi) is 5.74. The first-order valence-electron chi connectivity index (χ1n) is 11.7. The van der Waals surface area contributed by atoms with Gasteiger partial charge in [-0.15, -0.1) is 15.3 Å². The largest absolute Gasteiger partial charge is 0.470 e. The lowest BCUT2D eigenvalue weighted by Gasteiger charge is -2.11. The fourth-order valence-electron chi connectivity index (χ4n) is 4.12. The number of rotatable bonds is 9. The van der Waals surface area contributed by atoms with Crippen molar-refractivity contribution >= 4 is 22.0 Å². The Labute approximate surface area is 202 Å². The van der Waals surface area contributed by atoms with Crippen molar-refractivity contribution < 1.29 is 4.74 Å². The average Bonchev–Trinajstić information content (AvgIpc) is 3.28. The van der Waals surface area contributed by atoms with E-state index in [1.54, 1.807) is 4.52 Å². The molecule has 3 aromatic heterocycles. The lowest BCUT2D eigenvalue weighted by Crippen LogP contribution is -2.18. The highest BCUT2D eigenvalue weighted by Gasteiger charge is 2.17. The monoisotopic (exact) mass is 460 g/mol. The van der Waals surface area contributed by atoms with Crippen LogP contribution in [0.3, 0.4) is 0 Å². The molecular weight excluding hydrogens is 436 g/mol. The fraction of sp³-hybridized carbons (Fsp3) is 0.143. The molecule has 0 radical (unpaired) electrons. The number of pyridine rings is 1. The Morgan fingerprint density at radius 3 is 2.46 bits per heavy atom. The van der Waals surface area contributed by atoms with Gasteiger partial charge in [-0.05, 0) is 36.7 Å². The standard InChI is InChI=1S/C28H24N6O/c1-2-8-20(9-3-1)16-17-29-18-22-12-7-13-23(30-22)19-35-28-25-15-5-4-14-24(25)27-32-31-26(34(27)33-28)21-10-6-11-21/h1-15,29H,16-19H2. The van der Waals surface area contributed by atoms with E-state index >= 15 is 0 Å². The molecule has 0 saturated heterocycles. The van der Waals surface area contributed by atoms with Gasteiger partial charge in [-0.3, -0.25) is 4.98 Å². The van der Waals surface area contributed by atoms with Crippen LogP contribution in [0.15, 0.2) is 91.0 Å². The second kappa shape index (κ2) is 9.48. The number of ether oxygens (including phenoxy) is 1. The van der Waals surface area contributed by atoms with Crippen LogP contribution < -0.4 is 10.1 Å². The minimum absolute atomic E-state index is 0.320. The van der Waals surface area contributed by atoms with E-state index in [1.807, 2.05) is 66.8 Å². The Morgan fingerprint density at radius 1 is 0.829 bits per heavy atom. The summed E-state index contributed by atoms with van der Waals surface area (Å²) >= 11 is 0. The molecule has 2 aromatic carbocycles. The number of hydrogen-bond donors (Lipinski definition) is 1. The first kappa shape index (κ1) is 21.2. The third-order valence-corrected chi connectivity index (χ3v) is 6.00. The maximum absolute atomic E-state index is 6.20. The summed E-state index contributed by atoms with van der Waals surface area (Å²) in [5.41, 5.74) is 4.88. The number of hydrogen-bond acceptors (Lipinski definition) is 6. The number of aromatic nitrogens is 5. The molecule has 0 bridgehead atoms. The Morgan fingerprint density at radius 2 is 1.63 bits per heavy atom. The van der Waals surface area contributed by atoms with Crippen LogP contribution in [0.4, 0.5) is 0 Å². The molecule has 0 spiro atoms. The first-order chi connectivity index (χ1) is 17.3. The van der Waals surface area contributed by atoms with E-state index < -0.39 is 0 Å². The van der Waals surface area contributed by atoms with Crippen LogP contribution in [0, 0.1) is 0 Å². The normalized spacial score (nSPS) is 12.6. The summed E-state index contributed by atoms with van der Waals surface area (Å²) in [6, 6.07) is 24.5. The van der Waals surface area contributed by atoms with Crippen LogP contribution in [-0.2, 0) is 19.6 Å². The van der Waals surface area contributed by atoms with Gasteiger partial charge < -0.3 is 10.1 Å². The number of nitrogens with zero attached hydrogens (tertiary/aromatic N) is 5. The lowest BCUT2D eigenvalue weighted by molar-refractivity contribution is 0.288. The molecule has 0 amide bonds. The third kappa shape index (κ3) is 4.41. The van der Waals surface area contributed by atoms with Gasteiger partial charge in [0.25, 0.3) is 0 Å². The van der Waals surface area contributed by atoms with Gasteiger partial charge in [0.15, 0.2) is 11.5 Å². The van der Waals surface area contributed by atoms with Gasteiger partial charge >= 0.3 is 0 Å². The zero-order valence-electron chi connectivity index (χ0n) is 19.1. The van der Waals surface area contributed by atoms with Crippen molar-refractivity contribution in [2.45, 2.75) is 19.6 Å². The summed E-state index contributed by atoms with van der Waals surface area (Å²) in [5.74, 6) is 1.24. The molecule has 7 heteroatoms. The van der Waals surface area contributed by atoms with Gasteiger partial charge in [0.05, 0.1) is 11.4 Å². The number of nitrogens with one attached hydrogen (secondary N) is 1. The molecule has 5 aromatic rings. The third-order valence-electron chi connectivity index (χ3n) is 6.00. The average molecular weight is 461 g/mol. The van der Waals surface area contributed by atoms with Gasteiger partial charge in [-0.25, -0.2) is 0 Å². The molecule has 35 heavy (non-hydrogen) atoms. The van der Waals surface area contributed by atoms with Crippen LogP contribution in [0.5, 0.6) is 5.88 Å². The highest BCUT2D eigenvalue weighted by atomic mass is 16.5. The summed E-state index contributed by atoms with van der Waals surface area (Å²) in [4.78, 5) is 4.77. The van der Waals surface area contributed by atoms with Crippen molar-refractivity contribution in [2.24, 2.45) is 0 Å². The minimum atomic E-state index is 0.320. The smallest absolute Gasteiger partial charge is 0.240 e. The first-order valence-corrected chi connectivity index (χ1v) is 11.7. The van der Waals surface area contributed by atoms with Crippen LogP contribution >= 0.6 is 0 Å². The van der Waals surface area contributed by atoms with Crippen LogP contribution in [0.2, 0.25) is 0 Å². The molecule has 0 fully saturated rings. The Bertz CT molecular complexity index is 1550. The van der Waals surface area contributed by atoms with E-state index in [1.165, 1.54) is 5.56 Å². The molecule has 3 heterocycles. The van der Waals surface area contributed by atoms with Crippen LogP contribution in [0.1, 0.15) is 22.8 Å². The summed E-state index contributed by atoms with van der Waals surface area (Å²) in [6.45, 7) is 1.93. The summed E-state index contributed by atoms with van der Waals surface area (Å²) < 4.78 is 7.96. The number of allylic oxidation sites excluding steroid dienone is 4. The van der Waals surface area contributed by atoms with Crippen molar-refractivity contribution in [2.75, 3.05) is 6.54 Å². The molecule has 172 valence electrons. The van der Waals surface area contributed by atoms with Crippen LogP contribution in [0.25, 0.3) is 22.0 Å². The molecule has 6 rings (SSSR count). The van der Waals surface area contributed by atoms with E-state index in [2.05, 4.69) is 39.8 Å². The number of fused-ring (bicyclic) bond motifs is 3. The molecule has 0 unspecified atom stereocenters. The molecule has 1 aliphatic carbocycles. The summed E-state index contributed by atoms with van der Waals surface area (Å²) in [6.07, 6.45) is 6.96. The predicted molar refractivity (Wildman–Crippen MR) is 136 cm³/mol. The maximum atomic E-state index is 6.20. The Balaban J connectivity index is 1.17. The minimum Gasteiger partial charge on any atom is -0.470 e. The second-order valence-corrected chi connectivity index (χ2v) is 8.41. The van der Waals surface area contributed by atoms with Gasteiger partial charge in [0.2, 0.25) is 5.88 Å². The number of benzene rings is 2. The lowest BCUT2D eigenvalue weighted by atomic mass is 10.1. The van der Waals surface area contributed by atoms with E-state index in [4.69, 9.17) is 14.8 Å². The molecule has 0 atom stereocenters. The highest BCUT2D eigenvalue weighted by Crippen LogP contribution is 2.29. The van der Waals surface area contributed by atoms with Crippen molar-refractivity contribution in [3.63, 3.8) is 0 Å². The SMILES string of the molecule is C1=CC(c2nnc3c4ccccc4c(OCc4cccc(CNCCc5ccccc5)n4)nn23)=C1. The van der Waals surface area contributed by atoms with Crippen molar-refractivity contribution in [1.29, 1.82) is 0 Å². The second-order valence-electron chi connectivity index (χ2n) is 8.41. The quantitative estimate of drug-likeness (QED) is 0.326. The van der Waals surface area contributed by atoms with Gasteiger partial charge in [-0.2, -0.15) is 4.52 Å². The fourth-order valence-corrected chi connectivity index (χ4v) is 4.12. The van der Waals surface area contributed by atoms with Gasteiger partial charge in [0, 0.05) is 22.9 Å². The highest BCUT2D eigenvalue weighted by molar-refractivity contribution is 5.97. The van der Waals surface area contributed by atoms with E-state index in [0.717, 1.165) is 40.7 Å². The maximum Gasteiger partial charge on any atom is 0.240 e. The zero-order valence-corrected chi connectivity index (χ0v) is 19.1. The molecule has 0 aliphatic heterocycles. The van der Waals surface area contributed by atoms with E-state index in [-0.39, 0.29) is 0 Å². The Hall–Kier alpha value is -4.36. The van der Waals surface area contributed by atoms with Crippen molar-refractivity contribution in [3.8, 4) is 5.88 Å². The van der Waals surface area contributed by atoms with E-state index in [0.29, 0.717) is 30.5 Å². The summed E-state index contributed by atoms with van der Waals surface area (Å²) in [5, 5.41) is 18.8. The molecule has 1 N–H and O–H groups in total. The zero-order chi connectivity index (χ0) is 23.5. The van der Waals surface area contributed by atoms with E-state index in [9.17, 15) is 0 Å². The van der Waals surface area contributed by atoms with Gasteiger partial charge in [0.1, 0.15) is 6.61 Å². The van der Waals surface area contributed by atoms with Gasteiger partial charge in [-0.1, -0.05) is 72.8 Å². The molecule has 1 aliphatic rings. The topological polar surface area (TPSA) is 77.2 Å². The molecular formula is C28H24N6O. The molecule has 0 saturated carbocycles. The van der Waals surface area contributed by atoms with Crippen LogP contribution in [-0.4, -0.2) is 31.3 Å². The van der Waals surface area contributed by atoms with Crippen molar-refractivity contribution in [3.05, 3.63) is 114 Å².